The molecular formula is C25H40O5. The molecule has 5 heteroatoms. The summed E-state index contributed by atoms with van der Waals surface area (Å²) >= 11 is 0. The van der Waals surface area contributed by atoms with E-state index in [1.807, 2.05) is 0 Å². The molecule has 1 N–H and O–H groups in total. The van der Waals surface area contributed by atoms with Crippen LogP contribution < -0.4 is 0 Å². The van der Waals surface area contributed by atoms with Crippen LogP contribution in [0.5, 0.6) is 0 Å². The minimum Gasteiger partial charge on any atom is -0.458 e. The van der Waals surface area contributed by atoms with Gasteiger partial charge in [0, 0.05) is 12.8 Å². The van der Waals surface area contributed by atoms with Crippen LogP contribution in [0, 0.1) is 40.4 Å². The van der Waals surface area contributed by atoms with Crippen LogP contribution in [0.15, 0.2) is 0 Å². The fourth-order valence-corrected chi connectivity index (χ4v) is 7.75. The molecule has 0 aromatic heterocycles. The second-order valence-electron chi connectivity index (χ2n) is 11.4. The molecule has 8 unspecified atom stereocenters. The van der Waals surface area contributed by atoms with Crippen molar-refractivity contribution < 1.29 is 24.2 Å². The van der Waals surface area contributed by atoms with Gasteiger partial charge in [0.2, 0.25) is 0 Å². The first kappa shape index (κ1) is 22.3. The summed E-state index contributed by atoms with van der Waals surface area (Å²) in [5.41, 5.74) is 0.214. The van der Waals surface area contributed by atoms with Gasteiger partial charge in [-0.05, 0) is 85.9 Å². The van der Waals surface area contributed by atoms with Crippen LogP contribution in [-0.4, -0.2) is 42.3 Å². The molecule has 0 amide bonds. The zero-order chi connectivity index (χ0) is 21.7. The molecule has 0 radical (unpaired) electrons. The van der Waals surface area contributed by atoms with Crippen molar-refractivity contribution in [3.63, 3.8) is 0 Å². The fraction of sp³-hybridized carbons (Fsp3) is 0.920. The molecule has 0 bridgehead atoms. The highest BCUT2D eigenvalue weighted by molar-refractivity contribution is 5.85. The number of rotatable bonds is 5. The van der Waals surface area contributed by atoms with E-state index in [0.717, 1.165) is 58.0 Å². The van der Waals surface area contributed by atoms with Gasteiger partial charge in [-0.2, -0.15) is 0 Å². The van der Waals surface area contributed by atoms with E-state index in [4.69, 9.17) is 9.47 Å². The van der Waals surface area contributed by atoms with Gasteiger partial charge in [-0.3, -0.25) is 9.59 Å². The zero-order valence-electron chi connectivity index (χ0n) is 19.2. The molecule has 4 fully saturated rings. The van der Waals surface area contributed by atoms with E-state index in [9.17, 15) is 14.7 Å². The number of ketones is 1. The summed E-state index contributed by atoms with van der Waals surface area (Å²) in [6.45, 7) is 9.14. The molecule has 30 heavy (non-hydrogen) atoms. The lowest BCUT2D eigenvalue weighted by molar-refractivity contribution is -0.148. The van der Waals surface area contributed by atoms with E-state index in [0.29, 0.717) is 23.7 Å². The topological polar surface area (TPSA) is 72.8 Å². The van der Waals surface area contributed by atoms with E-state index in [2.05, 4.69) is 20.8 Å². The van der Waals surface area contributed by atoms with Gasteiger partial charge in [-0.1, -0.05) is 20.8 Å². The van der Waals surface area contributed by atoms with Gasteiger partial charge in [-0.25, -0.2) is 0 Å². The number of Topliss-reactive ketones (excluding diaryl/α,β-unsaturated/α-hetero) is 1. The third kappa shape index (κ3) is 3.85. The quantitative estimate of drug-likeness (QED) is 0.676. The Hall–Kier alpha value is -0.940. The van der Waals surface area contributed by atoms with E-state index in [1.165, 1.54) is 6.92 Å². The van der Waals surface area contributed by atoms with Gasteiger partial charge in [-0.15, -0.1) is 0 Å². The van der Waals surface area contributed by atoms with Crippen molar-refractivity contribution in [3.05, 3.63) is 0 Å². The van der Waals surface area contributed by atoms with E-state index >= 15 is 0 Å². The molecular weight excluding hydrogens is 380 g/mol. The molecule has 1 saturated heterocycles. The van der Waals surface area contributed by atoms with E-state index in [1.54, 1.807) is 0 Å². The van der Waals surface area contributed by atoms with Crippen LogP contribution in [-0.2, 0) is 19.1 Å². The number of hydrogen-bond acceptors (Lipinski definition) is 5. The largest absolute Gasteiger partial charge is 0.458 e. The zero-order valence-corrected chi connectivity index (χ0v) is 19.2. The van der Waals surface area contributed by atoms with Gasteiger partial charge >= 0.3 is 5.97 Å². The highest BCUT2D eigenvalue weighted by atomic mass is 16.5. The van der Waals surface area contributed by atoms with Crippen LogP contribution in [0.1, 0.15) is 79.1 Å². The lowest BCUT2D eigenvalue weighted by atomic mass is 9.56. The van der Waals surface area contributed by atoms with Crippen molar-refractivity contribution in [3.8, 4) is 0 Å². The number of carbonyl (C=O) groups excluding carboxylic acids is 2. The first-order valence-electron chi connectivity index (χ1n) is 12.1. The number of esters is 1. The first-order valence-corrected chi connectivity index (χ1v) is 12.1. The highest BCUT2D eigenvalue weighted by Gasteiger charge is 2.57. The minimum absolute atomic E-state index is 0.00238. The van der Waals surface area contributed by atoms with Crippen molar-refractivity contribution in [2.45, 2.75) is 91.3 Å². The lowest BCUT2D eigenvalue weighted by Crippen LogP contribution is -2.45. The Morgan fingerprint density at radius 2 is 1.87 bits per heavy atom. The second kappa shape index (κ2) is 8.20. The van der Waals surface area contributed by atoms with Gasteiger partial charge in [0.15, 0.2) is 5.78 Å². The maximum atomic E-state index is 12.9. The summed E-state index contributed by atoms with van der Waals surface area (Å²) < 4.78 is 11.4. The van der Waals surface area contributed by atoms with Gasteiger partial charge in [0.25, 0.3) is 0 Å². The smallest absolute Gasteiger partial charge is 0.303 e. The third-order valence-electron chi connectivity index (χ3n) is 9.65. The minimum atomic E-state index is -0.380. The van der Waals surface area contributed by atoms with Gasteiger partial charge in [0.05, 0.1) is 18.8 Å². The van der Waals surface area contributed by atoms with Crippen LogP contribution in [0.3, 0.4) is 0 Å². The summed E-state index contributed by atoms with van der Waals surface area (Å²) in [5, 5.41) is 10.3. The van der Waals surface area contributed by atoms with E-state index in [-0.39, 0.29) is 47.3 Å². The first-order chi connectivity index (χ1) is 14.1. The summed E-state index contributed by atoms with van der Waals surface area (Å²) in [6.07, 6.45) is 8.15. The fourth-order valence-electron chi connectivity index (χ4n) is 7.75. The molecule has 1 aliphatic heterocycles. The predicted octanol–water partition coefficient (Wildman–Crippen LogP) is 4.15. The summed E-state index contributed by atoms with van der Waals surface area (Å²) in [7, 11) is 0. The van der Waals surface area contributed by atoms with Crippen molar-refractivity contribution in [1.29, 1.82) is 0 Å². The Bertz CT molecular complexity index is 676. The average molecular weight is 421 g/mol. The molecule has 4 aliphatic rings. The number of hydrogen-bond donors (Lipinski definition) is 1. The lowest BCUT2D eigenvalue weighted by Gasteiger charge is -2.49. The summed E-state index contributed by atoms with van der Waals surface area (Å²) in [5.74, 6) is 1.89. The van der Waals surface area contributed by atoms with Crippen LogP contribution >= 0.6 is 0 Å². The standard InChI is InChI=1S/C25H40O5/c1-15-7-10-25(4)19(5-6-20(25)22(28)13-29-16(2)26)18(15)12-23-21-11-17(27)8-9-24(21,3)14-30-23/h15,17-21,23,27H,5-14H2,1-4H3/t15?,17?,18?,19?,20?,21?,23-,24?,25?/m1/s1. The summed E-state index contributed by atoms with van der Waals surface area (Å²) in [4.78, 5) is 24.1. The molecule has 3 aliphatic carbocycles. The highest BCUT2D eigenvalue weighted by Crippen LogP contribution is 2.61. The normalized spacial score (nSPS) is 48.1. The van der Waals surface area contributed by atoms with Crippen LogP contribution in [0.25, 0.3) is 0 Å². The number of aliphatic hydroxyl groups excluding tert-OH is 1. The molecule has 0 aromatic carbocycles. The number of fused-ring (bicyclic) bond motifs is 2. The molecule has 5 nitrogen and oxygen atoms in total. The van der Waals surface area contributed by atoms with Crippen molar-refractivity contribution in [2.24, 2.45) is 40.4 Å². The second-order valence-corrected chi connectivity index (χ2v) is 11.4. The van der Waals surface area contributed by atoms with Crippen molar-refractivity contribution in [1.82, 2.24) is 0 Å². The maximum absolute atomic E-state index is 12.9. The van der Waals surface area contributed by atoms with Gasteiger partial charge in [0.1, 0.15) is 6.61 Å². The maximum Gasteiger partial charge on any atom is 0.303 e. The third-order valence-corrected chi connectivity index (χ3v) is 9.65. The van der Waals surface area contributed by atoms with Crippen LogP contribution in [0.4, 0.5) is 0 Å². The molecule has 170 valence electrons. The van der Waals surface area contributed by atoms with Crippen molar-refractivity contribution in [2.75, 3.05) is 13.2 Å². The Labute approximate surface area is 181 Å². The average Bonchev–Trinajstić information content (AvgIpc) is 3.20. The number of aliphatic hydroxyl groups is 1. The number of ether oxygens (including phenoxy) is 2. The molecule has 3 saturated carbocycles. The Morgan fingerprint density at radius 3 is 2.60 bits per heavy atom. The SMILES string of the molecule is CC(=O)OCC(=O)C1CCC2C(C[C@H]3OCC4(C)CCC(O)CC34)C(C)CCC12C. The molecule has 0 aromatic rings. The number of carbonyl (C=O) groups is 2. The van der Waals surface area contributed by atoms with Crippen LogP contribution in [0.2, 0.25) is 0 Å². The van der Waals surface area contributed by atoms with Crippen molar-refractivity contribution >= 4 is 11.8 Å². The Morgan fingerprint density at radius 1 is 1.10 bits per heavy atom. The molecule has 0 spiro atoms. The summed E-state index contributed by atoms with van der Waals surface area (Å²) in [6, 6.07) is 0. The Balaban J connectivity index is 1.48. The Kier molecular flexibility index (Phi) is 6.08. The molecule has 4 rings (SSSR count). The van der Waals surface area contributed by atoms with E-state index < -0.39 is 0 Å². The monoisotopic (exact) mass is 420 g/mol. The molecule has 1 heterocycles. The predicted molar refractivity (Wildman–Crippen MR) is 114 cm³/mol. The van der Waals surface area contributed by atoms with Gasteiger partial charge < -0.3 is 14.6 Å². The molecule has 9 atom stereocenters.